The van der Waals surface area contributed by atoms with Gasteiger partial charge in [0.2, 0.25) is 0 Å². The zero-order chi connectivity index (χ0) is 11.4. The first-order valence-corrected chi connectivity index (χ1v) is 5.51. The summed E-state index contributed by atoms with van der Waals surface area (Å²) < 4.78 is 23.7. The lowest BCUT2D eigenvalue weighted by molar-refractivity contribution is 0.0498. The normalized spacial score (nSPS) is 17.3. The van der Waals surface area contributed by atoms with Gasteiger partial charge in [0.15, 0.2) is 0 Å². The number of benzene rings is 1. The van der Waals surface area contributed by atoms with Gasteiger partial charge >= 0.3 is 0 Å². The standard InChI is InChI=1S/C12H16FNO2/c13-10-1-2-11(14)12(7-10)16-8-9-3-5-15-6-4-9/h1-2,7,9H,3-6,8,14H2. The Kier molecular flexibility index (Phi) is 3.62. The first-order chi connectivity index (χ1) is 7.75. The van der Waals surface area contributed by atoms with Crippen molar-refractivity contribution in [2.24, 2.45) is 5.92 Å². The Balaban J connectivity index is 1.90. The van der Waals surface area contributed by atoms with Crippen LogP contribution < -0.4 is 10.5 Å². The van der Waals surface area contributed by atoms with Crippen LogP contribution in [0.2, 0.25) is 0 Å². The molecule has 3 nitrogen and oxygen atoms in total. The minimum Gasteiger partial charge on any atom is -0.491 e. The lowest BCUT2D eigenvalue weighted by Crippen LogP contribution is -2.21. The molecule has 88 valence electrons. The first kappa shape index (κ1) is 11.2. The molecule has 0 atom stereocenters. The number of anilines is 1. The number of rotatable bonds is 3. The van der Waals surface area contributed by atoms with Crippen molar-refractivity contribution in [1.29, 1.82) is 0 Å². The predicted molar refractivity (Wildman–Crippen MR) is 59.9 cm³/mol. The van der Waals surface area contributed by atoms with E-state index in [0.717, 1.165) is 26.1 Å². The van der Waals surface area contributed by atoms with E-state index in [4.69, 9.17) is 15.2 Å². The molecule has 2 N–H and O–H groups in total. The van der Waals surface area contributed by atoms with Crippen LogP contribution >= 0.6 is 0 Å². The van der Waals surface area contributed by atoms with E-state index in [0.29, 0.717) is 24.0 Å². The van der Waals surface area contributed by atoms with Crippen molar-refractivity contribution in [2.75, 3.05) is 25.6 Å². The van der Waals surface area contributed by atoms with Crippen molar-refractivity contribution < 1.29 is 13.9 Å². The molecule has 0 radical (unpaired) electrons. The molecule has 1 fully saturated rings. The maximum absolute atomic E-state index is 13.0. The maximum atomic E-state index is 13.0. The van der Waals surface area contributed by atoms with Crippen molar-refractivity contribution in [2.45, 2.75) is 12.8 Å². The Labute approximate surface area is 94.3 Å². The van der Waals surface area contributed by atoms with Crippen molar-refractivity contribution >= 4 is 5.69 Å². The van der Waals surface area contributed by atoms with Gasteiger partial charge in [-0.15, -0.1) is 0 Å². The Bertz CT molecular complexity index is 351. The third kappa shape index (κ3) is 2.85. The molecule has 0 saturated carbocycles. The Morgan fingerprint density at radius 1 is 1.38 bits per heavy atom. The molecule has 1 saturated heterocycles. The van der Waals surface area contributed by atoms with Gasteiger partial charge in [-0.1, -0.05) is 0 Å². The SMILES string of the molecule is Nc1ccc(F)cc1OCC1CCOCC1. The number of hydrogen-bond donors (Lipinski definition) is 1. The molecule has 16 heavy (non-hydrogen) atoms. The molecule has 0 aliphatic carbocycles. The van der Waals surface area contributed by atoms with Crippen LogP contribution in [0.1, 0.15) is 12.8 Å². The quantitative estimate of drug-likeness (QED) is 0.802. The molecule has 1 aliphatic heterocycles. The third-order valence-corrected chi connectivity index (χ3v) is 2.79. The van der Waals surface area contributed by atoms with E-state index in [1.165, 1.54) is 18.2 Å². The molecule has 1 aromatic rings. The molecule has 1 aromatic carbocycles. The Morgan fingerprint density at radius 3 is 2.88 bits per heavy atom. The van der Waals surface area contributed by atoms with Gasteiger partial charge in [0.25, 0.3) is 0 Å². The summed E-state index contributed by atoms with van der Waals surface area (Å²) in [4.78, 5) is 0. The summed E-state index contributed by atoms with van der Waals surface area (Å²) in [6, 6.07) is 4.18. The zero-order valence-corrected chi connectivity index (χ0v) is 9.12. The van der Waals surface area contributed by atoms with Crippen molar-refractivity contribution in [1.82, 2.24) is 0 Å². The lowest BCUT2D eigenvalue weighted by atomic mass is 10.0. The molecule has 2 rings (SSSR count). The second-order valence-corrected chi connectivity index (χ2v) is 4.05. The molecular formula is C12H16FNO2. The smallest absolute Gasteiger partial charge is 0.145 e. The van der Waals surface area contributed by atoms with Gasteiger partial charge in [-0.2, -0.15) is 0 Å². The number of halogens is 1. The van der Waals surface area contributed by atoms with Crippen LogP contribution in [-0.2, 0) is 4.74 Å². The monoisotopic (exact) mass is 225 g/mol. The average Bonchev–Trinajstić information content (AvgIpc) is 2.32. The zero-order valence-electron chi connectivity index (χ0n) is 9.12. The highest BCUT2D eigenvalue weighted by Crippen LogP contribution is 2.24. The van der Waals surface area contributed by atoms with Crippen LogP contribution in [0.4, 0.5) is 10.1 Å². The topological polar surface area (TPSA) is 44.5 Å². The van der Waals surface area contributed by atoms with Crippen LogP contribution in [0.5, 0.6) is 5.75 Å². The van der Waals surface area contributed by atoms with Gasteiger partial charge in [-0.3, -0.25) is 0 Å². The number of ether oxygens (including phenoxy) is 2. The summed E-state index contributed by atoms with van der Waals surface area (Å²) in [5.74, 6) is 0.596. The fourth-order valence-corrected chi connectivity index (χ4v) is 1.75. The fourth-order valence-electron chi connectivity index (χ4n) is 1.75. The van der Waals surface area contributed by atoms with Gasteiger partial charge in [-0.05, 0) is 30.9 Å². The van der Waals surface area contributed by atoms with Crippen LogP contribution in [0.15, 0.2) is 18.2 Å². The number of nitrogen functional groups attached to an aromatic ring is 1. The first-order valence-electron chi connectivity index (χ1n) is 5.51. The van der Waals surface area contributed by atoms with Gasteiger partial charge in [-0.25, -0.2) is 4.39 Å². The summed E-state index contributed by atoms with van der Waals surface area (Å²) in [5.41, 5.74) is 6.17. The third-order valence-electron chi connectivity index (χ3n) is 2.79. The molecule has 1 aliphatic rings. The minimum absolute atomic E-state index is 0.323. The molecule has 0 aromatic heterocycles. The Morgan fingerprint density at radius 2 is 2.12 bits per heavy atom. The average molecular weight is 225 g/mol. The van der Waals surface area contributed by atoms with E-state index >= 15 is 0 Å². The van der Waals surface area contributed by atoms with Crippen molar-refractivity contribution in [3.63, 3.8) is 0 Å². The van der Waals surface area contributed by atoms with E-state index in [-0.39, 0.29) is 5.82 Å². The lowest BCUT2D eigenvalue weighted by Gasteiger charge is -2.22. The van der Waals surface area contributed by atoms with Crippen LogP contribution in [-0.4, -0.2) is 19.8 Å². The summed E-state index contributed by atoms with van der Waals surface area (Å²) in [6.07, 6.45) is 1.99. The second kappa shape index (κ2) is 5.16. The van der Waals surface area contributed by atoms with Crippen LogP contribution in [0, 0.1) is 11.7 Å². The van der Waals surface area contributed by atoms with Crippen molar-refractivity contribution in [3.05, 3.63) is 24.0 Å². The van der Waals surface area contributed by atoms with Gasteiger partial charge in [0.05, 0.1) is 12.3 Å². The van der Waals surface area contributed by atoms with Crippen LogP contribution in [0.3, 0.4) is 0 Å². The highest BCUT2D eigenvalue weighted by atomic mass is 19.1. The largest absolute Gasteiger partial charge is 0.491 e. The number of hydrogen-bond acceptors (Lipinski definition) is 3. The summed E-state index contributed by atoms with van der Waals surface area (Å²) in [7, 11) is 0. The molecular weight excluding hydrogens is 209 g/mol. The fraction of sp³-hybridized carbons (Fsp3) is 0.500. The van der Waals surface area contributed by atoms with E-state index in [9.17, 15) is 4.39 Å². The minimum atomic E-state index is -0.323. The highest BCUT2D eigenvalue weighted by Gasteiger charge is 2.15. The Hall–Kier alpha value is -1.29. The van der Waals surface area contributed by atoms with E-state index < -0.39 is 0 Å². The predicted octanol–water partition coefficient (Wildman–Crippen LogP) is 2.21. The summed E-state index contributed by atoms with van der Waals surface area (Å²) in [5, 5.41) is 0. The van der Waals surface area contributed by atoms with Crippen molar-refractivity contribution in [3.8, 4) is 5.75 Å². The second-order valence-electron chi connectivity index (χ2n) is 4.05. The summed E-state index contributed by atoms with van der Waals surface area (Å²) in [6.45, 7) is 2.15. The van der Waals surface area contributed by atoms with Gasteiger partial charge in [0, 0.05) is 19.3 Å². The van der Waals surface area contributed by atoms with E-state index in [1.807, 2.05) is 0 Å². The number of nitrogens with two attached hydrogens (primary N) is 1. The molecule has 0 bridgehead atoms. The maximum Gasteiger partial charge on any atom is 0.145 e. The molecule has 0 unspecified atom stereocenters. The molecule has 1 heterocycles. The molecule has 0 amide bonds. The molecule has 4 heteroatoms. The van der Waals surface area contributed by atoms with Gasteiger partial charge < -0.3 is 15.2 Å². The molecule has 0 spiro atoms. The van der Waals surface area contributed by atoms with Gasteiger partial charge in [0.1, 0.15) is 11.6 Å². The van der Waals surface area contributed by atoms with E-state index in [1.54, 1.807) is 0 Å². The van der Waals surface area contributed by atoms with E-state index in [2.05, 4.69) is 0 Å². The van der Waals surface area contributed by atoms with Crippen LogP contribution in [0.25, 0.3) is 0 Å². The highest BCUT2D eigenvalue weighted by molar-refractivity contribution is 5.52. The summed E-state index contributed by atoms with van der Waals surface area (Å²) >= 11 is 0.